The van der Waals surface area contributed by atoms with E-state index in [0.717, 1.165) is 37.6 Å². The van der Waals surface area contributed by atoms with Crippen LogP contribution in [0.1, 0.15) is 42.3 Å². The molecule has 0 aliphatic rings. The summed E-state index contributed by atoms with van der Waals surface area (Å²) in [6.07, 6.45) is 3.75. The Morgan fingerprint density at radius 1 is 0.791 bits per heavy atom. The molecule has 0 aliphatic heterocycles. The summed E-state index contributed by atoms with van der Waals surface area (Å²) in [5.41, 5.74) is 0. The molecule has 0 heterocycles. The quantitative estimate of drug-likeness (QED) is 0.0518. The number of hydrogen-bond donors (Lipinski definition) is 3. The molecule has 0 aromatic heterocycles. The van der Waals surface area contributed by atoms with E-state index < -0.39 is 7.15 Å². The van der Waals surface area contributed by atoms with Crippen LogP contribution in [-0.2, 0) is 19.2 Å². The largest absolute Gasteiger partial charge is 1.00 e. The number of ether oxygens (including phenoxy) is 5. The van der Waals surface area contributed by atoms with Crippen molar-refractivity contribution in [3.8, 4) is 34.5 Å². The molecule has 240 valence electrons. The first-order valence-corrected chi connectivity index (χ1v) is 13.7. The topological polar surface area (TPSA) is 156 Å². The van der Waals surface area contributed by atoms with Crippen LogP contribution in [-0.4, -0.2) is 81.5 Å². The van der Waals surface area contributed by atoms with Gasteiger partial charge in [-0.2, -0.15) is 0 Å². The van der Waals surface area contributed by atoms with E-state index in [0.29, 0.717) is 43.7 Å². The van der Waals surface area contributed by atoms with E-state index in [1.54, 1.807) is 32.4 Å². The van der Waals surface area contributed by atoms with Gasteiger partial charge in [-0.25, -0.2) is 0 Å². The van der Waals surface area contributed by atoms with Gasteiger partial charge in [0.1, 0.15) is 34.5 Å². The van der Waals surface area contributed by atoms with Crippen molar-refractivity contribution in [1.29, 1.82) is 0 Å². The van der Waals surface area contributed by atoms with Gasteiger partial charge in [0.2, 0.25) is 0 Å². The van der Waals surface area contributed by atoms with Crippen LogP contribution in [0.5, 0.6) is 34.5 Å². The van der Waals surface area contributed by atoms with Gasteiger partial charge >= 0.3 is 103 Å². The molecule has 0 spiro atoms. The van der Waals surface area contributed by atoms with Crippen LogP contribution in [0.25, 0.3) is 0 Å². The molecule has 2 rings (SSSR count). The summed E-state index contributed by atoms with van der Waals surface area (Å²) in [5.74, 6) is 1.93. The average Bonchev–Trinajstić information content (AvgIpc) is 2.96. The van der Waals surface area contributed by atoms with Gasteiger partial charge in [0, 0.05) is 75.6 Å². The standard InChI is InChI=1S/C13H20O4.C9H12O3.C4H9BrO.CH3F.CH2O3.2K.H/c1-3-5-16-12-8-11(14)9-13(10-12)17-7-4-6-15-2;1-2-3-12-9-5-7(10)4-8(11)6-9;1-6-4-2-3-5;1-2;2-1-4-3;;;/h8-10,14H,3-7H2,1-2H3;4-6,10-11H,2-3H2,1H3;2-4H2,1H3;1H3;1,3H;;;/q;;;;;2*+1;-1/p-1/i;;;1D;;;;. The Balaban J connectivity index is -0.000000119. The Kier molecular flexibility index (Phi) is 49.3. The number of phenolic OH excluding ortho intramolecular Hbond substituents is 3. The fraction of sp³-hybridized carbons (Fsp3) is 0.536. The fourth-order valence-corrected chi connectivity index (χ4v) is 2.64. The summed E-state index contributed by atoms with van der Waals surface area (Å²) in [6, 6.07) is 9.13. The Hall–Kier alpha value is 0.273. The van der Waals surface area contributed by atoms with Gasteiger partial charge in [0.25, 0.3) is 6.47 Å². The van der Waals surface area contributed by atoms with Crippen LogP contribution in [0.2, 0.25) is 0 Å². The summed E-state index contributed by atoms with van der Waals surface area (Å²) >= 11 is 3.27. The molecule has 0 amide bonds. The minimum atomic E-state index is -1.00. The van der Waals surface area contributed by atoms with Crippen molar-refractivity contribution in [1.82, 2.24) is 0 Å². The van der Waals surface area contributed by atoms with Gasteiger partial charge in [-0.05, 0) is 19.3 Å². The zero-order valence-electron chi connectivity index (χ0n) is 28.2. The number of carbonyl (C=O) groups excluding carboxylic acids is 1. The number of phenols is 3. The molecule has 0 unspecified atom stereocenters. The Bertz CT molecular complexity index is 859. The van der Waals surface area contributed by atoms with Crippen LogP contribution in [0, 0.1) is 0 Å². The Morgan fingerprint density at radius 3 is 1.47 bits per heavy atom. The SMILES string of the molecule is CCCOc1cc(O)cc(O)c1.CCCOc1cc(O)cc(OCCCOC)c1.COCCCBr.O=CO[O-].[2H]CF.[H-].[K+].[K+]. The predicted molar refractivity (Wildman–Crippen MR) is 157 cm³/mol. The van der Waals surface area contributed by atoms with E-state index in [4.69, 9.17) is 45.3 Å². The maximum Gasteiger partial charge on any atom is 1.00 e. The van der Waals surface area contributed by atoms with Crippen LogP contribution < -0.4 is 122 Å². The van der Waals surface area contributed by atoms with E-state index >= 15 is 0 Å². The van der Waals surface area contributed by atoms with Crippen molar-refractivity contribution in [2.45, 2.75) is 39.5 Å². The summed E-state index contributed by atoms with van der Waals surface area (Å²) in [6.45, 7) is 7.15. The molecule has 11 nitrogen and oxygen atoms in total. The average molecular weight is 737 g/mol. The molecule has 43 heavy (non-hydrogen) atoms. The van der Waals surface area contributed by atoms with Gasteiger partial charge in [0.05, 0.1) is 28.3 Å². The minimum absolute atomic E-state index is 0. The second-order valence-electron chi connectivity index (χ2n) is 7.47. The maximum atomic E-state index is 9.96. The molecule has 0 atom stereocenters. The molecule has 15 heteroatoms. The zero-order chi connectivity index (χ0) is 32.4. The van der Waals surface area contributed by atoms with E-state index in [2.05, 4.69) is 20.8 Å². The normalized spacial score (nSPS) is 8.95. The minimum Gasteiger partial charge on any atom is -1.00 e. The van der Waals surface area contributed by atoms with Crippen molar-refractivity contribution in [2.75, 3.05) is 59.7 Å². The number of halogens is 2. The first-order chi connectivity index (χ1) is 20.2. The van der Waals surface area contributed by atoms with Crippen LogP contribution >= 0.6 is 15.9 Å². The number of carbonyl (C=O) groups is 1. The number of methoxy groups -OCH3 is 2. The third-order valence-electron chi connectivity index (χ3n) is 3.97. The predicted octanol–water partition coefficient (Wildman–Crippen LogP) is -0.958. The van der Waals surface area contributed by atoms with Gasteiger partial charge in [-0.15, -0.1) is 0 Å². The second kappa shape index (κ2) is 42.3. The molecule has 2 aromatic rings. The first-order valence-electron chi connectivity index (χ1n) is 13.3. The molecule has 0 fully saturated rings. The number of benzene rings is 2. The Morgan fingerprint density at radius 2 is 1.14 bits per heavy atom. The third kappa shape index (κ3) is 38.4. The molecule has 0 radical (unpaired) electrons. The summed E-state index contributed by atoms with van der Waals surface area (Å²) < 4.78 is 41.3. The van der Waals surface area contributed by atoms with Gasteiger partial charge < -0.3 is 50.6 Å². The molecule has 0 bridgehead atoms. The molecule has 0 saturated carbocycles. The van der Waals surface area contributed by atoms with Crippen molar-refractivity contribution in [3.63, 3.8) is 0 Å². The number of rotatable bonds is 15. The summed E-state index contributed by atoms with van der Waals surface area (Å²) in [4.78, 5) is 11.2. The van der Waals surface area contributed by atoms with E-state index in [-0.39, 0.29) is 128 Å². The first kappa shape index (κ1) is 50.1. The van der Waals surface area contributed by atoms with E-state index in [1.807, 2.05) is 13.8 Å². The molecular formula is C28H46BrFK2O11. The van der Waals surface area contributed by atoms with E-state index in [9.17, 15) is 9.50 Å². The number of alkyl halides is 2. The molecule has 2 aromatic carbocycles. The zero-order valence-corrected chi connectivity index (χ0v) is 34.0. The number of hydrogen-bond acceptors (Lipinski definition) is 11. The smallest absolute Gasteiger partial charge is 1.00 e. The van der Waals surface area contributed by atoms with Gasteiger partial charge in [0.15, 0.2) is 0 Å². The van der Waals surface area contributed by atoms with E-state index in [1.165, 1.54) is 18.2 Å². The van der Waals surface area contributed by atoms with Crippen molar-refractivity contribution >= 4 is 22.4 Å². The van der Waals surface area contributed by atoms with Crippen molar-refractivity contribution < 1.29 is 164 Å². The molecule has 0 saturated heterocycles. The monoisotopic (exact) mass is 735 g/mol. The molecular weight excluding hydrogens is 689 g/mol. The second-order valence-corrected chi connectivity index (χ2v) is 8.26. The Labute approximate surface area is 351 Å². The third-order valence-corrected chi connectivity index (χ3v) is 4.53. The molecule has 3 N–H and O–H groups in total. The van der Waals surface area contributed by atoms with Crippen LogP contribution in [0.4, 0.5) is 4.39 Å². The van der Waals surface area contributed by atoms with Gasteiger partial charge in [-0.1, -0.05) is 29.8 Å². The number of aromatic hydroxyl groups is 3. The van der Waals surface area contributed by atoms with Crippen molar-refractivity contribution in [3.05, 3.63) is 36.4 Å². The summed E-state index contributed by atoms with van der Waals surface area (Å²) in [5, 5.41) is 37.1. The molecule has 0 aliphatic carbocycles. The van der Waals surface area contributed by atoms with Gasteiger partial charge in [-0.3, -0.25) is 9.18 Å². The maximum absolute atomic E-state index is 9.96. The van der Waals surface area contributed by atoms with Crippen molar-refractivity contribution in [2.24, 2.45) is 0 Å². The van der Waals surface area contributed by atoms with Crippen LogP contribution in [0.15, 0.2) is 36.4 Å². The fourth-order valence-electron chi connectivity index (χ4n) is 2.41. The summed E-state index contributed by atoms with van der Waals surface area (Å²) in [7, 11) is 2.37. The van der Waals surface area contributed by atoms with Crippen LogP contribution in [0.3, 0.4) is 0 Å².